The summed E-state index contributed by atoms with van der Waals surface area (Å²) in [7, 11) is 0. The van der Waals surface area contributed by atoms with Gasteiger partial charge in [-0.05, 0) is 11.5 Å². The largest absolute Gasteiger partial charge is 0.395 e. The zero-order valence-electron chi connectivity index (χ0n) is 12.0. The number of benzene rings is 1. The van der Waals surface area contributed by atoms with Crippen molar-refractivity contribution in [3.8, 4) is 0 Å². The number of rotatable bonds is 7. The van der Waals surface area contributed by atoms with Gasteiger partial charge in [-0.3, -0.25) is 4.79 Å². The van der Waals surface area contributed by atoms with E-state index < -0.39 is 5.92 Å². The first kappa shape index (κ1) is 16.6. The number of hydrogen-bond donors (Lipinski definition) is 2. The molecule has 1 unspecified atom stereocenters. The van der Waals surface area contributed by atoms with E-state index in [2.05, 4.69) is 0 Å². The highest BCUT2D eigenvalue weighted by Gasteiger charge is 2.29. The minimum Gasteiger partial charge on any atom is -0.395 e. The molecule has 4 nitrogen and oxygen atoms in total. The van der Waals surface area contributed by atoms with Crippen LogP contribution in [0.25, 0.3) is 0 Å². The standard InChI is InChI=1S/C15H22N2O2S/c1-11(2)13(14(16)20)15(19)17(8-9-18)10-12-6-4-3-5-7-12/h3-7,11,13,18H,8-10H2,1-2H3,(H2,16,20). The fourth-order valence-electron chi connectivity index (χ4n) is 2.12. The molecule has 0 radical (unpaired) electrons. The molecule has 0 heterocycles. The number of thiocarbonyl (C=S) groups is 1. The summed E-state index contributed by atoms with van der Waals surface area (Å²) in [5, 5.41) is 9.16. The molecule has 0 spiro atoms. The predicted octanol–water partition coefficient (Wildman–Crippen LogP) is 1.57. The van der Waals surface area contributed by atoms with E-state index in [1.807, 2.05) is 44.2 Å². The van der Waals surface area contributed by atoms with Gasteiger partial charge in [0.15, 0.2) is 0 Å². The third-order valence-electron chi connectivity index (χ3n) is 3.14. The fourth-order valence-corrected chi connectivity index (χ4v) is 2.50. The highest BCUT2D eigenvalue weighted by atomic mass is 32.1. The quantitative estimate of drug-likeness (QED) is 0.749. The van der Waals surface area contributed by atoms with Crippen LogP contribution >= 0.6 is 12.2 Å². The highest BCUT2D eigenvalue weighted by Crippen LogP contribution is 2.17. The minimum absolute atomic E-state index is 0.0389. The van der Waals surface area contributed by atoms with Crippen molar-refractivity contribution in [2.45, 2.75) is 20.4 Å². The van der Waals surface area contributed by atoms with Gasteiger partial charge in [0.2, 0.25) is 5.91 Å². The SMILES string of the molecule is CC(C)C(C(=O)N(CCO)Cc1ccccc1)C(N)=S. The molecule has 1 atom stereocenters. The first-order valence-electron chi connectivity index (χ1n) is 6.70. The monoisotopic (exact) mass is 294 g/mol. The topological polar surface area (TPSA) is 66.6 Å². The Kier molecular flexibility index (Phi) is 6.61. The van der Waals surface area contributed by atoms with Crippen molar-refractivity contribution in [1.82, 2.24) is 4.90 Å². The van der Waals surface area contributed by atoms with Crippen LogP contribution in [0.1, 0.15) is 19.4 Å². The van der Waals surface area contributed by atoms with Gasteiger partial charge >= 0.3 is 0 Å². The molecule has 0 aliphatic rings. The number of hydrogen-bond acceptors (Lipinski definition) is 3. The Morgan fingerprint density at radius 3 is 2.40 bits per heavy atom. The number of amides is 1. The van der Waals surface area contributed by atoms with Crippen molar-refractivity contribution in [2.24, 2.45) is 17.6 Å². The lowest BCUT2D eigenvalue weighted by atomic mass is 9.94. The molecule has 0 saturated heterocycles. The molecule has 0 bridgehead atoms. The van der Waals surface area contributed by atoms with E-state index in [1.54, 1.807) is 4.90 Å². The Morgan fingerprint density at radius 1 is 1.35 bits per heavy atom. The van der Waals surface area contributed by atoms with Crippen molar-refractivity contribution in [2.75, 3.05) is 13.2 Å². The maximum atomic E-state index is 12.6. The Balaban J connectivity index is 2.89. The third-order valence-corrected chi connectivity index (χ3v) is 3.39. The van der Waals surface area contributed by atoms with Gasteiger partial charge < -0.3 is 15.7 Å². The second kappa shape index (κ2) is 7.97. The van der Waals surface area contributed by atoms with Crippen LogP contribution in [0.2, 0.25) is 0 Å². The maximum Gasteiger partial charge on any atom is 0.233 e. The van der Waals surface area contributed by atoms with Crippen molar-refractivity contribution in [3.05, 3.63) is 35.9 Å². The number of nitrogens with zero attached hydrogens (tertiary/aromatic N) is 1. The molecule has 5 heteroatoms. The van der Waals surface area contributed by atoms with Crippen molar-refractivity contribution in [1.29, 1.82) is 0 Å². The zero-order valence-corrected chi connectivity index (χ0v) is 12.8. The third kappa shape index (κ3) is 4.58. The van der Waals surface area contributed by atoms with Gasteiger partial charge in [-0.25, -0.2) is 0 Å². The van der Waals surface area contributed by atoms with Crippen LogP contribution < -0.4 is 5.73 Å². The first-order valence-corrected chi connectivity index (χ1v) is 7.11. The average Bonchev–Trinajstić information content (AvgIpc) is 2.38. The van der Waals surface area contributed by atoms with Crippen molar-refractivity contribution >= 4 is 23.1 Å². The Morgan fingerprint density at radius 2 is 1.95 bits per heavy atom. The lowest BCUT2D eigenvalue weighted by molar-refractivity contribution is -0.135. The van der Waals surface area contributed by atoms with Gasteiger partial charge in [0, 0.05) is 13.1 Å². The van der Waals surface area contributed by atoms with E-state index in [0.717, 1.165) is 5.56 Å². The van der Waals surface area contributed by atoms with E-state index in [9.17, 15) is 4.79 Å². The van der Waals surface area contributed by atoms with Gasteiger partial charge in [0.25, 0.3) is 0 Å². The Hall–Kier alpha value is -1.46. The van der Waals surface area contributed by atoms with Crippen LogP contribution in [-0.2, 0) is 11.3 Å². The van der Waals surface area contributed by atoms with Crippen LogP contribution in [0.15, 0.2) is 30.3 Å². The molecule has 20 heavy (non-hydrogen) atoms. The molecule has 1 aromatic rings. The summed E-state index contributed by atoms with van der Waals surface area (Å²) in [4.78, 5) is 14.4. The van der Waals surface area contributed by atoms with Crippen LogP contribution in [-0.4, -0.2) is 34.1 Å². The maximum absolute atomic E-state index is 12.6. The summed E-state index contributed by atoms with van der Waals surface area (Å²) >= 11 is 5.01. The van der Waals surface area contributed by atoms with Gasteiger partial charge in [0.05, 0.1) is 17.5 Å². The molecule has 0 saturated carbocycles. The lowest BCUT2D eigenvalue weighted by Gasteiger charge is -2.28. The lowest BCUT2D eigenvalue weighted by Crippen LogP contribution is -2.44. The molecule has 1 aromatic carbocycles. The number of nitrogens with two attached hydrogens (primary N) is 1. The zero-order chi connectivity index (χ0) is 15.1. The molecular formula is C15H22N2O2S. The number of carbonyl (C=O) groups excluding carboxylic acids is 1. The number of carbonyl (C=O) groups is 1. The first-order chi connectivity index (χ1) is 9.47. The summed E-state index contributed by atoms with van der Waals surface area (Å²) in [5.41, 5.74) is 6.70. The fraction of sp³-hybridized carbons (Fsp3) is 0.467. The second-order valence-electron chi connectivity index (χ2n) is 5.09. The summed E-state index contributed by atoms with van der Waals surface area (Å²) in [6, 6.07) is 9.66. The molecule has 0 aliphatic carbocycles. The highest BCUT2D eigenvalue weighted by molar-refractivity contribution is 7.80. The number of aliphatic hydroxyl groups excluding tert-OH is 1. The van der Waals surface area contributed by atoms with Crippen LogP contribution in [0.3, 0.4) is 0 Å². The van der Waals surface area contributed by atoms with Crippen molar-refractivity contribution in [3.63, 3.8) is 0 Å². The summed E-state index contributed by atoms with van der Waals surface area (Å²) in [6.45, 7) is 4.48. The van der Waals surface area contributed by atoms with E-state index in [0.29, 0.717) is 6.54 Å². The predicted molar refractivity (Wildman–Crippen MR) is 84.1 cm³/mol. The molecule has 0 aliphatic heterocycles. The van der Waals surface area contributed by atoms with Gasteiger partial charge in [0.1, 0.15) is 0 Å². The molecule has 0 aromatic heterocycles. The molecule has 3 N–H and O–H groups in total. The van der Waals surface area contributed by atoms with Crippen LogP contribution in [0.5, 0.6) is 0 Å². The summed E-state index contributed by atoms with van der Waals surface area (Å²) < 4.78 is 0. The van der Waals surface area contributed by atoms with E-state index in [1.165, 1.54) is 0 Å². The smallest absolute Gasteiger partial charge is 0.233 e. The van der Waals surface area contributed by atoms with Gasteiger partial charge in [-0.1, -0.05) is 56.4 Å². The minimum atomic E-state index is -0.486. The van der Waals surface area contributed by atoms with E-state index in [4.69, 9.17) is 23.1 Å². The summed E-state index contributed by atoms with van der Waals surface area (Å²) in [5.74, 6) is -0.567. The van der Waals surface area contributed by atoms with Gasteiger partial charge in [-0.15, -0.1) is 0 Å². The molecule has 1 amide bonds. The van der Waals surface area contributed by atoms with Crippen LogP contribution in [0, 0.1) is 11.8 Å². The summed E-state index contributed by atoms with van der Waals surface area (Å²) in [6.07, 6.45) is 0. The van der Waals surface area contributed by atoms with E-state index >= 15 is 0 Å². The molecule has 1 rings (SSSR count). The van der Waals surface area contributed by atoms with Gasteiger partial charge in [-0.2, -0.15) is 0 Å². The second-order valence-corrected chi connectivity index (χ2v) is 5.56. The van der Waals surface area contributed by atoms with Crippen LogP contribution in [0.4, 0.5) is 0 Å². The molecular weight excluding hydrogens is 272 g/mol. The van der Waals surface area contributed by atoms with E-state index in [-0.39, 0.29) is 30.0 Å². The molecule has 110 valence electrons. The molecule has 0 fully saturated rings. The Labute approximate surface area is 125 Å². The number of aliphatic hydroxyl groups is 1. The Bertz CT molecular complexity index is 448. The van der Waals surface area contributed by atoms with Crippen molar-refractivity contribution < 1.29 is 9.90 Å². The normalized spacial score (nSPS) is 12.2. The average molecular weight is 294 g/mol.